The van der Waals surface area contributed by atoms with Crippen molar-refractivity contribution in [2.24, 2.45) is 0 Å². The van der Waals surface area contributed by atoms with Gasteiger partial charge < -0.3 is 4.74 Å². The summed E-state index contributed by atoms with van der Waals surface area (Å²) in [5.41, 5.74) is 2.78. The third-order valence-corrected chi connectivity index (χ3v) is 3.95. The Labute approximate surface area is 95.4 Å². The van der Waals surface area contributed by atoms with E-state index in [1.165, 1.54) is 17.5 Å². The number of hydrogen-bond acceptors (Lipinski definition) is 1. The topological polar surface area (TPSA) is 9.23 Å². The minimum atomic E-state index is 0.368. The van der Waals surface area contributed by atoms with Crippen molar-refractivity contribution >= 4 is 11.6 Å². The molecule has 2 aliphatic rings. The Morgan fingerprint density at radius 2 is 2.20 bits per heavy atom. The lowest BCUT2D eigenvalue weighted by molar-refractivity contribution is 0.351. The third kappa shape index (κ3) is 1.63. The molecule has 0 saturated heterocycles. The van der Waals surface area contributed by atoms with Crippen molar-refractivity contribution in [3.63, 3.8) is 0 Å². The van der Waals surface area contributed by atoms with Crippen LogP contribution in [0.25, 0.3) is 0 Å². The first kappa shape index (κ1) is 9.53. The normalized spacial score (nSPS) is 28.9. The molecule has 3 rings (SSSR count). The van der Waals surface area contributed by atoms with Crippen LogP contribution in [0.2, 0.25) is 0 Å². The average molecular weight is 223 g/mol. The Kier molecular flexibility index (Phi) is 2.36. The molecule has 2 atom stereocenters. The lowest BCUT2D eigenvalue weighted by Gasteiger charge is -2.13. The van der Waals surface area contributed by atoms with E-state index in [4.69, 9.17) is 16.3 Å². The van der Waals surface area contributed by atoms with Crippen LogP contribution in [-0.2, 0) is 6.42 Å². The maximum absolute atomic E-state index is 6.17. The van der Waals surface area contributed by atoms with Crippen LogP contribution in [0, 0.1) is 0 Å². The smallest absolute Gasteiger partial charge is 0.126 e. The number of alkyl halides is 1. The Morgan fingerprint density at radius 1 is 1.27 bits per heavy atom. The molecule has 2 unspecified atom stereocenters. The van der Waals surface area contributed by atoms with E-state index >= 15 is 0 Å². The molecule has 1 nitrogen and oxygen atoms in total. The SMILES string of the molecule is ClC1CCC(c2cccc3c2OCC3)C1. The Morgan fingerprint density at radius 3 is 3.00 bits per heavy atom. The summed E-state index contributed by atoms with van der Waals surface area (Å²) in [7, 11) is 0. The zero-order valence-electron chi connectivity index (χ0n) is 8.71. The minimum absolute atomic E-state index is 0.368. The van der Waals surface area contributed by atoms with E-state index in [1.807, 2.05) is 0 Å². The van der Waals surface area contributed by atoms with Gasteiger partial charge in [-0.3, -0.25) is 0 Å². The fourth-order valence-corrected chi connectivity index (χ4v) is 3.11. The maximum atomic E-state index is 6.17. The van der Waals surface area contributed by atoms with Gasteiger partial charge in [0.2, 0.25) is 0 Å². The second-order valence-corrected chi connectivity index (χ2v) is 5.16. The van der Waals surface area contributed by atoms with Crippen LogP contribution in [0.1, 0.15) is 36.3 Å². The van der Waals surface area contributed by atoms with Gasteiger partial charge in [-0.1, -0.05) is 18.2 Å². The lowest BCUT2D eigenvalue weighted by atomic mass is 9.95. The van der Waals surface area contributed by atoms with Crippen molar-refractivity contribution < 1.29 is 4.74 Å². The molecule has 0 N–H and O–H groups in total. The lowest BCUT2D eigenvalue weighted by Crippen LogP contribution is -1.98. The molecule has 80 valence electrons. The highest BCUT2D eigenvalue weighted by Crippen LogP contribution is 2.43. The summed E-state index contributed by atoms with van der Waals surface area (Å²) < 4.78 is 5.73. The first-order valence-corrected chi connectivity index (χ1v) is 6.17. The minimum Gasteiger partial charge on any atom is -0.493 e. The van der Waals surface area contributed by atoms with Gasteiger partial charge in [-0.05, 0) is 36.3 Å². The summed E-state index contributed by atoms with van der Waals surface area (Å²) in [6, 6.07) is 6.55. The molecule has 0 radical (unpaired) electrons. The number of fused-ring (bicyclic) bond motifs is 1. The molecule has 0 spiro atoms. The number of halogens is 1. The first-order valence-electron chi connectivity index (χ1n) is 5.73. The molecule has 2 heteroatoms. The van der Waals surface area contributed by atoms with Gasteiger partial charge >= 0.3 is 0 Å². The Balaban J connectivity index is 1.95. The largest absolute Gasteiger partial charge is 0.493 e. The van der Waals surface area contributed by atoms with Gasteiger partial charge in [0, 0.05) is 11.8 Å². The Bertz CT molecular complexity index is 375. The van der Waals surface area contributed by atoms with E-state index in [1.54, 1.807) is 0 Å². The third-order valence-electron chi connectivity index (χ3n) is 3.55. The number of para-hydroxylation sites is 1. The summed E-state index contributed by atoms with van der Waals surface area (Å²) in [5, 5.41) is 0.368. The molecule has 1 heterocycles. The van der Waals surface area contributed by atoms with E-state index < -0.39 is 0 Å². The molecular formula is C13H15ClO. The fourth-order valence-electron chi connectivity index (χ4n) is 2.77. The second-order valence-electron chi connectivity index (χ2n) is 4.54. The van der Waals surface area contributed by atoms with Crippen molar-refractivity contribution in [2.75, 3.05) is 6.61 Å². The van der Waals surface area contributed by atoms with Crippen molar-refractivity contribution in [2.45, 2.75) is 37.0 Å². The van der Waals surface area contributed by atoms with Crippen molar-refractivity contribution in [3.05, 3.63) is 29.3 Å². The van der Waals surface area contributed by atoms with Crippen LogP contribution in [0.5, 0.6) is 5.75 Å². The monoisotopic (exact) mass is 222 g/mol. The number of benzene rings is 1. The van der Waals surface area contributed by atoms with E-state index in [-0.39, 0.29) is 0 Å². The summed E-state index contributed by atoms with van der Waals surface area (Å²) in [6.45, 7) is 0.851. The molecule has 1 aliphatic heterocycles. The molecule has 0 aromatic heterocycles. The molecule has 1 aromatic carbocycles. The number of hydrogen-bond donors (Lipinski definition) is 0. The van der Waals surface area contributed by atoms with Gasteiger partial charge in [0.05, 0.1) is 6.61 Å². The van der Waals surface area contributed by atoms with Gasteiger partial charge in [0.15, 0.2) is 0 Å². The van der Waals surface area contributed by atoms with Gasteiger partial charge in [0.1, 0.15) is 5.75 Å². The average Bonchev–Trinajstić information content (AvgIpc) is 2.84. The molecule has 0 amide bonds. The fraction of sp³-hybridized carbons (Fsp3) is 0.538. The van der Waals surface area contributed by atoms with Crippen LogP contribution >= 0.6 is 11.6 Å². The molecule has 1 aliphatic carbocycles. The zero-order chi connectivity index (χ0) is 10.3. The highest BCUT2D eigenvalue weighted by atomic mass is 35.5. The van der Waals surface area contributed by atoms with Crippen molar-refractivity contribution in [3.8, 4) is 5.75 Å². The summed E-state index contributed by atoms with van der Waals surface area (Å²) >= 11 is 6.17. The second kappa shape index (κ2) is 3.71. The van der Waals surface area contributed by atoms with E-state index in [2.05, 4.69) is 18.2 Å². The van der Waals surface area contributed by atoms with Crippen LogP contribution < -0.4 is 4.74 Å². The summed E-state index contributed by atoms with van der Waals surface area (Å²) in [5.74, 6) is 1.79. The van der Waals surface area contributed by atoms with Gasteiger partial charge in [-0.25, -0.2) is 0 Å². The van der Waals surface area contributed by atoms with Crippen molar-refractivity contribution in [1.82, 2.24) is 0 Å². The zero-order valence-corrected chi connectivity index (χ0v) is 9.46. The molecule has 1 fully saturated rings. The molecule has 0 bridgehead atoms. The van der Waals surface area contributed by atoms with Gasteiger partial charge in [-0.2, -0.15) is 0 Å². The van der Waals surface area contributed by atoms with E-state index in [0.717, 1.165) is 31.6 Å². The predicted octanol–water partition coefficient (Wildman–Crippen LogP) is 3.50. The molecular weight excluding hydrogens is 208 g/mol. The Hall–Kier alpha value is -0.690. The van der Waals surface area contributed by atoms with E-state index in [0.29, 0.717) is 11.3 Å². The predicted molar refractivity (Wildman–Crippen MR) is 61.9 cm³/mol. The maximum Gasteiger partial charge on any atom is 0.126 e. The highest BCUT2D eigenvalue weighted by molar-refractivity contribution is 6.20. The van der Waals surface area contributed by atoms with E-state index in [9.17, 15) is 0 Å². The number of rotatable bonds is 1. The van der Waals surface area contributed by atoms with Crippen LogP contribution in [-0.4, -0.2) is 12.0 Å². The van der Waals surface area contributed by atoms with Crippen molar-refractivity contribution in [1.29, 1.82) is 0 Å². The molecule has 15 heavy (non-hydrogen) atoms. The summed E-state index contributed by atoms with van der Waals surface area (Å²) in [4.78, 5) is 0. The van der Waals surface area contributed by atoms with Crippen LogP contribution in [0.15, 0.2) is 18.2 Å². The van der Waals surface area contributed by atoms with Crippen LogP contribution in [0.4, 0.5) is 0 Å². The molecule has 1 aromatic rings. The quantitative estimate of drug-likeness (QED) is 0.661. The highest BCUT2D eigenvalue weighted by Gasteiger charge is 2.28. The first-order chi connectivity index (χ1) is 7.34. The van der Waals surface area contributed by atoms with Gasteiger partial charge in [-0.15, -0.1) is 11.6 Å². The van der Waals surface area contributed by atoms with Gasteiger partial charge in [0.25, 0.3) is 0 Å². The van der Waals surface area contributed by atoms with Crippen LogP contribution in [0.3, 0.4) is 0 Å². The molecule has 1 saturated carbocycles. The summed E-state index contributed by atoms with van der Waals surface area (Å²) in [6.07, 6.45) is 4.55. The standard InChI is InChI=1S/C13H15ClO/c14-11-5-4-10(8-11)12-3-1-2-9-6-7-15-13(9)12/h1-3,10-11H,4-8H2. The number of ether oxygens (including phenoxy) is 1.